The van der Waals surface area contributed by atoms with Gasteiger partial charge in [0.05, 0.1) is 22.3 Å². The van der Waals surface area contributed by atoms with Gasteiger partial charge in [-0.25, -0.2) is 19.9 Å². The van der Waals surface area contributed by atoms with Crippen LogP contribution >= 0.6 is 0 Å². The van der Waals surface area contributed by atoms with E-state index in [4.69, 9.17) is 51.9 Å². The Bertz CT molecular complexity index is 9010. The average Bonchev–Trinajstić information content (AvgIpc) is 1.53. The van der Waals surface area contributed by atoms with E-state index in [1.54, 1.807) is 79.4 Å². The first-order chi connectivity index (χ1) is 80.3. The fourth-order valence-electron chi connectivity index (χ4n) is 16.0. The second kappa shape index (κ2) is 52.3. The first-order valence-corrected chi connectivity index (χ1v) is 46.2. The molecule has 8 aromatic carbocycles. The second-order valence-electron chi connectivity index (χ2n) is 33.7. The molecule has 16 nitrogen and oxygen atoms in total. The Hall–Kier alpha value is -14.6. The molecule has 0 fully saturated rings. The van der Waals surface area contributed by atoms with E-state index in [1.807, 2.05) is 242 Å². The molecule has 0 saturated heterocycles. The Morgan fingerprint density at radius 3 is 0.899 bits per heavy atom. The molecule has 0 spiro atoms. The molecule has 4 radical (unpaired) electrons. The summed E-state index contributed by atoms with van der Waals surface area (Å²) in [5.41, 5.74) is 21.0. The van der Waals surface area contributed by atoms with Gasteiger partial charge in [-0.05, 0) is 212 Å². The minimum Gasteiger partial charge on any atom is -0.486 e. The number of fused-ring (bicyclic) bond motifs is 12. The van der Waals surface area contributed by atoms with E-state index in [-0.39, 0.29) is 119 Å². The maximum absolute atomic E-state index is 8.38. The first kappa shape index (κ1) is 81.4. The van der Waals surface area contributed by atoms with Crippen molar-refractivity contribution in [2.24, 2.45) is 0 Å². The van der Waals surface area contributed by atoms with E-state index in [1.165, 1.54) is 82.8 Å². The first-order valence-electron chi connectivity index (χ1n) is 58.7. The predicted molar refractivity (Wildman–Crippen MR) is 587 cm³/mol. The molecule has 0 saturated carbocycles. The van der Waals surface area contributed by atoms with Crippen LogP contribution in [0, 0.1) is 111 Å². The minimum absolute atomic E-state index is 0. The summed E-state index contributed by atoms with van der Waals surface area (Å²) >= 11 is 0. The van der Waals surface area contributed by atoms with Crippen LogP contribution in [-0.4, -0.2) is 59.8 Å². The molecular weight excluding hydrogens is 2550 g/mol. The molecule has 16 heterocycles. The Labute approximate surface area is 960 Å². The van der Waals surface area contributed by atoms with Crippen LogP contribution in [0.3, 0.4) is 0 Å². The summed E-state index contributed by atoms with van der Waals surface area (Å²) < 4.78 is 220. The monoisotopic (exact) mass is 2690 g/mol. The van der Waals surface area contributed by atoms with Crippen LogP contribution in [0.2, 0.25) is 0 Å². The summed E-state index contributed by atoms with van der Waals surface area (Å²) in [6.45, 7) is -0.994. The Balaban J connectivity index is 0.000000167. The van der Waals surface area contributed by atoms with E-state index in [0.29, 0.717) is 112 Å². The van der Waals surface area contributed by atoms with Crippen molar-refractivity contribution in [1.29, 1.82) is 0 Å². The zero-order chi connectivity index (χ0) is 122. The average molecular weight is 2690 g/mol. The van der Waals surface area contributed by atoms with Crippen LogP contribution in [0.4, 0.5) is 0 Å². The predicted octanol–water partition coefficient (Wildman–Crippen LogP) is 32.8. The fourth-order valence-corrected chi connectivity index (χ4v) is 16.0. The van der Waals surface area contributed by atoms with Gasteiger partial charge in [-0.15, -0.1) is 215 Å². The Kier molecular flexibility index (Phi) is 28.6. The molecule has 149 heavy (non-hydrogen) atoms. The number of benzene rings is 8. The minimum atomic E-state index is -2.73. The Morgan fingerprint density at radius 2 is 0.584 bits per heavy atom. The maximum atomic E-state index is 8.38. The number of rotatable bonds is 12. The molecule has 0 bridgehead atoms. The van der Waals surface area contributed by atoms with E-state index >= 15 is 0 Å². The van der Waals surface area contributed by atoms with E-state index in [0.717, 1.165) is 100 Å². The SMILES string of the molecule is [2H]C([2H])([2H])C([2H])(C)c1ccc(-c2[c-]ccc3c2oc2nc(C)cc(C)c23)nc1.[2H]C([2H])([2H])c1c[c-]c(-c2ccc(C([2H])(C)C([2H])([2H])[2H])cn2)c2oc3nc(C)ccc3c12.[2H]C([2H])([2H])c1c[c-]c(-c2ccc(C([2H])(C)C([2H])([2H])[2H])cn2)c2oc3nc(C)ccc3c12.[2H]C([2H])([2H])c1cc(-c2[c-]ccc3c2oc2nc(C)cc(C)c23)ncc1C([2H])(C)C([2H])([2H])[2H].[Ir].[Ir].[Ir].[Ir].[c-]1ccccc1-c1ccccn1.[c-]1ccccc1-c1ccccn1.[c-]1ccccc1-c1ccccn1.[c-]1ccccc1-c1ccccn1. The van der Waals surface area contributed by atoms with Gasteiger partial charge in [0.15, 0.2) is 0 Å². The van der Waals surface area contributed by atoms with Gasteiger partial charge in [0.25, 0.3) is 0 Å². The molecular formula is C129H110Ir4N12O4-8. The van der Waals surface area contributed by atoms with Gasteiger partial charge < -0.3 is 57.5 Å². The van der Waals surface area contributed by atoms with E-state index < -0.39 is 71.5 Å². The summed E-state index contributed by atoms with van der Waals surface area (Å²) in [6.07, 6.45) is 12.4. The number of hydrogen-bond acceptors (Lipinski definition) is 16. The van der Waals surface area contributed by atoms with Gasteiger partial charge in [0.1, 0.15) is 0 Å². The van der Waals surface area contributed by atoms with Gasteiger partial charge in [-0.3, -0.25) is 0 Å². The van der Waals surface area contributed by atoms with Crippen molar-refractivity contribution in [3.05, 3.63) is 456 Å². The molecule has 20 heteroatoms. The second-order valence-corrected chi connectivity index (χ2v) is 33.7. The van der Waals surface area contributed by atoms with Gasteiger partial charge in [-0.1, -0.05) is 209 Å². The number of aromatic nitrogens is 12. The zero-order valence-electron chi connectivity index (χ0n) is 107. The van der Waals surface area contributed by atoms with Crippen LogP contribution in [0.1, 0.15) is 186 Å². The van der Waals surface area contributed by atoms with Gasteiger partial charge >= 0.3 is 0 Å². The van der Waals surface area contributed by atoms with Crippen LogP contribution in [0.15, 0.2) is 352 Å². The third kappa shape index (κ3) is 26.9. The van der Waals surface area contributed by atoms with Crippen LogP contribution in [0.5, 0.6) is 0 Å². The molecule has 24 aromatic rings. The Morgan fingerprint density at radius 1 is 0.255 bits per heavy atom. The van der Waals surface area contributed by atoms with Gasteiger partial charge in [-0.2, -0.15) is 0 Å². The molecule has 0 amide bonds. The summed E-state index contributed by atoms with van der Waals surface area (Å²) in [5, 5.41) is 5.58. The quantitative estimate of drug-likeness (QED) is 0.104. The zero-order valence-corrected chi connectivity index (χ0v) is 91.7. The summed E-state index contributed by atoms with van der Waals surface area (Å²) in [6, 6.07) is 112. The molecule has 0 aliphatic heterocycles. The third-order valence-corrected chi connectivity index (χ3v) is 23.1. The third-order valence-electron chi connectivity index (χ3n) is 23.1. The molecule has 4 atom stereocenters. The largest absolute Gasteiger partial charge is 0.486 e. The van der Waals surface area contributed by atoms with Crippen molar-refractivity contribution in [2.45, 2.75) is 141 Å². The molecule has 0 aliphatic carbocycles. The molecule has 754 valence electrons. The molecule has 0 aliphatic rings. The van der Waals surface area contributed by atoms with Crippen molar-refractivity contribution >= 4 is 88.3 Å². The normalized spacial score (nSPS) is 15.4. The fraction of sp³-hybridized carbons (Fsp3) is 0.163. The summed E-state index contributed by atoms with van der Waals surface area (Å²) in [7, 11) is 0. The topological polar surface area (TPSA) is 207 Å². The number of aryl methyl sites for hydroxylation is 9. The van der Waals surface area contributed by atoms with E-state index in [2.05, 4.69) is 108 Å². The number of pyridine rings is 12. The van der Waals surface area contributed by atoms with Crippen molar-refractivity contribution in [3.8, 4) is 90.1 Å². The number of furan rings is 4. The molecule has 0 N–H and O–H groups in total. The molecule has 4 unspecified atom stereocenters. The molecule has 24 rings (SSSR count). The van der Waals surface area contributed by atoms with Crippen LogP contribution in [0.25, 0.3) is 178 Å². The number of nitrogens with zero attached hydrogens (tertiary/aromatic N) is 12. The smallest absolute Gasteiger partial charge is 0.216 e. The maximum Gasteiger partial charge on any atom is 0.216 e. The van der Waals surface area contributed by atoms with Crippen molar-refractivity contribution in [3.63, 3.8) is 0 Å². The standard InChI is InChI=1S/C22H21N2O.3C21H19N2O.4C11H8N.4Ir/c1-12(2)18-11-23-19(10-13(18)3)16-7-6-8-17-20-14(4)9-15(5)24-22(20)25-21(16)17;2*1-12(2)15-7-10-18(22-11-15)16-8-5-13(3)19-17-9-6-14(4)23-21(17)24-20(16)19;1-12(2)15-8-9-18(22-11-15)16-6-5-7-17-19-13(3)10-14(4)23-21(19)24-20(16)17;4*1-2-6-10(7-3-1)11-8-4-5-9-12-11;;;;/h6,8-12H,1-5H3;2*5-7,9-12H,1-4H3;5,7-12H,1-4H3;4*1-6,8-9H;;;;/q8*-1;;;;/i3*1D3,3D3,12D;1D3,12D;;;;;;;;. The summed E-state index contributed by atoms with van der Waals surface area (Å²) in [5.74, 6) is -7.50. The number of hydrogen-bond donors (Lipinski definition) is 0. The van der Waals surface area contributed by atoms with Gasteiger partial charge in [0, 0.05) is 209 Å². The summed E-state index contributed by atoms with van der Waals surface area (Å²) in [4.78, 5) is 52.0. The van der Waals surface area contributed by atoms with Crippen LogP contribution < -0.4 is 0 Å². The van der Waals surface area contributed by atoms with Crippen molar-refractivity contribution in [1.82, 2.24) is 59.8 Å². The van der Waals surface area contributed by atoms with Crippen molar-refractivity contribution < 1.29 is 132 Å². The molecule has 16 aromatic heterocycles. The van der Waals surface area contributed by atoms with Crippen molar-refractivity contribution in [2.75, 3.05) is 0 Å². The van der Waals surface area contributed by atoms with E-state index in [9.17, 15) is 0 Å². The van der Waals surface area contributed by atoms with Crippen LogP contribution in [-0.2, 0) is 80.4 Å². The van der Waals surface area contributed by atoms with Gasteiger partial charge in [0.2, 0.25) is 22.9 Å².